The molecule has 0 amide bonds. The molecule has 0 saturated heterocycles. The first kappa shape index (κ1) is 13.3. The van der Waals surface area contributed by atoms with Crippen molar-refractivity contribution in [1.82, 2.24) is 0 Å². The van der Waals surface area contributed by atoms with E-state index in [1.54, 1.807) is 0 Å². The molecule has 1 aromatic rings. The van der Waals surface area contributed by atoms with Gasteiger partial charge in [-0.05, 0) is 29.7 Å². The van der Waals surface area contributed by atoms with Crippen molar-refractivity contribution < 1.29 is 4.79 Å². The lowest BCUT2D eigenvalue weighted by Crippen LogP contribution is -2.41. The van der Waals surface area contributed by atoms with Gasteiger partial charge in [-0.15, -0.1) is 0 Å². The molecule has 1 saturated carbocycles. The number of rotatable bonds is 3. The fraction of sp³-hybridized carbons (Fsp3) is 0.588. The molecule has 2 rings (SSSR count). The second-order valence-electron chi connectivity index (χ2n) is 6.58. The van der Waals surface area contributed by atoms with E-state index in [4.69, 9.17) is 0 Å². The van der Waals surface area contributed by atoms with Crippen molar-refractivity contribution in [3.63, 3.8) is 0 Å². The molecule has 2 atom stereocenters. The highest BCUT2D eigenvalue weighted by atomic mass is 16.1. The first-order chi connectivity index (χ1) is 8.38. The van der Waals surface area contributed by atoms with Crippen molar-refractivity contribution in [2.75, 3.05) is 0 Å². The quantitative estimate of drug-likeness (QED) is 0.776. The van der Waals surface area contributed by atoms with Gasteiger partial charge in [-0.25, -0.2) is 0 Å². The number of carbonyl (C=O) groups is 1. The van der Waals surface area contributed by atoms with E-state index in [0.717, 1.165) is 12.0 Å². The van der Waals surface area contributed by atoms with E-state index < -0.39 is 0 Å². The van der Waals surface area contributed by atoms with Gasteiger partial charge in [-0.2, -0.15) is 0 Å². The Hall–Kier alpha value is -1.11. The van der Waals surface area contributed by atoms with Crippen LogP contribution in [0.3, 0.4) is 0 Å². The topological polar surface area (TPSA) is 17.1 Å². The van der Waals surface area contributed by atoms with Crippen molar-refractivity contribution in [1.29, 1.82) is 0 Å². The molecule has 1 aliphatic rings. The van der Waals surface area contributed by atoms with Crippen molar-refractivity contribution in [3.05, 3.63) is 35.9 Å². The highest BCUT2D eigenvalue weighted by Crippen LogP contribution is 2.56. The zero-order chi connectivity index (χ0) is 13.4. The molecule has 1 heteroatoms. The van der Waals surface area contributed by atoms with Gasteiger partial charge >= 0.3 is 0 Å². The third-order valence-corrected chi connectivity index (χ3v) is 5.55. The molecular formula is C17H24O. The Morgan fingerprint density at radius 2 is 1.83 bits per heavy atom. The number of benzene rings is 1. The molecule has 0 N–H and O–H groups in total. The number of hydrogen-bond donors (Lipinski definition) is 0. The van der Waals surface area contributed by atoms with Gasteiger partial charge in [0, 0.05) is 11.8 Å². The van der Waals surface area contributed by atoms with Crippen LogP contribution in [0.2, 0.25) is 0 Å². The van der Waals surface area contributed by atoms with Crippen LogP contribution in [-0.2, 0) is 11.2 Å². The lowest BCUT2D eigenvalue weighted by Gasteiger charge is -2.39. The third-order valence-electron chi connectivity index (χ3n) is 5.55. The number of Topliss-reactive ketones (excluding diaryl/α,β-unsaturated/α-hetero) is 1. The van der Waals surface area contributed by atoms with Gasteiger partial charge in [0.05, 0.1) is 0 Å². The average molecular weight is 244 g/mol. The molecule has 98 valence electrons. The molecular weight excluding hydrogens is 220 g/mol. The summed E-state index contributed by atoms with van der Waals surface area (Å²) in [5.41, 5.74) is 1.08. The minimum absolute atomic E-state index is 0.110. The van der Waals surface area contributed by atoms with E-state index in [0.29, 0.717) is 18.1 Å². The van der Waals surface area contributed by atoms with Crippen LogP contribution in [0.25, 0.3) is 0 Å². The molecule has 0 spiro atoms. The summed E-state index contributed by atoms with van der Waals surface area (Å²) in [5, 5.41) is 0. The fourth-order valence-electron chi connectivity index (χ4n) is 3.21. The maximum atomic E-state index is 12.7. The highest BCUT2D eigenvalue weighted by molar-refractivity contribution is 5.87. The third kappa shape index (κ3) is 2.00. The van der Waals surface area contributed by atoms with Crippen LogP contribution in [0.4, 0.5) is 0 Å². The zero-order valence-corrected chi connectivity index (χ0v) is 12.0. The monoisotopic (exact) mass is 244 g/mol. The van der Waals surface area contributed by atoms with Gasteiger partial charge in [0.1, 0.15) is 5.78 Å². The van der Waals surface area contributed by atoms with Crippen molar-refractivity contribution in [2.45, 2.75) is 47.0 Å². The van der Waals surface area contributed by atoms with Crippen LogP contribution in [0.1, 0.15) is 46.1 Å². The van der Waals surface area contributed by atoms with E-state index in [-0.39, 0.29) is 10.8 Å². The molecule has 0 bridgehead atoms. The second kappa shape index (κ2) is 4.53. The lowest BCUT2D eigenvalue weighted by atomic mass is 9.63. The minimum atomic E-state index is -0.164. The largest absolute Gasteiger partial charge is 0.299 e. The summed E-state index contributed by atoms with van der Waals surface area (Å²) in [6.45, 7) is 8.96. The second-order valence-corrected chi connectivity index (χ2v) is 6.58. The zero-order valence-electron chi connectivity index (χ0n) is 12.0. The fourth-order valence-corrected chi connectivity index (χ4v) is 3.21. The summed E-state index contributed by atoms with van der Waals surface area (Å²) < 4.78 is 0. The molecule has 0 aromatic heterocycles. The predicted molar refractivity (Wildman–Crippen MR) is 75.4 cm³/mol. The van der Waals surface area contributed by atoms with Gasteiger partial charge in [-0.3, -0.25) is 4.79 Å². The first-order valence-electron chi connectivity index (χ1n) is 6.95. The Morgan fingerprint density at radius 3 is 2.33 bits per heavy atom. The Kier molecular flexibility index (Phi) is 3.35. The van der Waals surface area contributed by atoms with Crippen molar-refractivity contribution >= 4 is 5.78 Å². The van der Waals surface area contributed by atoms with E-state index in [9.17, 15) is 4.79 Å². The van der Waals surface area contributed by atoms with Crippen LogP contribution in [0.15, 0.2) is 30.3 Å². The Morgan fingerprint density at radius 1 is 1.22 bits per heavy atom. The van der Waals surface area contributed by atoms with Crippen LogP contribution in [-0.4, -0.2) is 5.78 Å². The van der Waals surface area contributed by atoms with Crippen LogP contribution >= 0.6 is 0 Å². The van der Waals surface area contributed by atoms with Gasteiger partial charge in [0.15, 0.2) is 0 Å². The summed E-state index contributed by atoms with van der Waals surface area (Å²) in [6.07, 6.45) is 2.78. The molecule has 18 heavy (non-hydrogen) atoms. The summed E-state index contributed by atoms with van der Waals surface area (Å²) in [4.78, 5) is 12.7. The first-order valence-corrected chi connectivity index (χ1v) is 6.95. The van der Waals surface area contributed by atoms with Crippen LogP contribution in [0.5, 0.6) is 0 Å². The Labute approximate surface area is 111 Å². The molecule has 1 aromatic carbocycles. The molecule has 1 nitrogen and oxygen atoms in total. The number of carbonyl (C=O) groups excluding carboxylic acids is 1. The van der Waals surface area contributed by atoms with E-state index in [1.165, 1.54) is 6.42 Å². The molecule has 1 aliphatic carbocycles. The summed E-state index contributed by atoms with van der Waals surface area (Å²) in [5.74, 6) is 1.03. The molecule has 2 unspecified atom stereocenters. The lowest BCUT2D eigenvalue weighted by molar-refractivity contribution is -0.132. The van der Waals surface area contributed by atoms with E-state index in [1.807, 2.05) is 30.3 Å². The molecule has 0 radical (unpaired) electrons. The average Bonchev–Trinajstić information content (AvgIpc) is 2.55. The molecule has 0 heterocycles. The maximum Gasteiger partial charge on any atom is 0.143 e. The summed E-state index contributed by atoms with van der Waals surface area (Å²) in [7, 11) is 0. The van der Waals surface area contributed by atoms with Crippen LogP contribution in [0, 0.1) is 16.7 Å². The van der Waals surface area contributed by atoms with Gasteiger partial charge in [0.2, 0.25) is 0 Å². The number of hydrogen-bond acceptors (Lipinski definition) is 1. The Balaban J connectivity index is 2.19. The smallest absolute Gasteiger partial charge is 0.143 e. The van der Waals surface area contributed by atoms with Gasteiger partial charge in [-0.1, -0.05) is 58.0 Å². The summed E-state index contributed by atoms with van der Waals surface area (Å²) >= 11 is 0. The normalized spacial score (nSPS) is 30.3. The minimum Gasteiger partial charge on any atom is -0.299 e. The summed E-state index contributed by atoms with van der Waals surface area (Å²) in [6, 6.07) is 10.1. The van der Waals surface area contributed by atoms with Gasteiger partial charge in [0.25, 0.3) is 0 Å². The standard InChI is InChI=1S/C17H24O/c1-13-10-11-17(4,16(13,2)3)15(18)12-14-8-6-5-7-9-14/h5-9,13H,10-12H2,1-4H3. The van der Waals surface area contributed by atoms with Gasteiger partial charge < -0.3 is 0 Å². The molecule has 0 aliphatic heterocycles. The Bertz CT molecular complexity index is 432. The highest BCUT2D eigenvalue weighted by Gasteiger charge is 2.53. The van der Waals surface area contributed by atoms with Crippen LogP contribution < -0.4 is 0 Å². The predicted octanol–water partition coefficient (Wildman–Crippen LogP) is 4.26. The van der Waals surface area contributed by atoms with Crippen molar-refractivity contribution in [2.24, 2.45) is 16.7 Å². The van der Waals surface area contributed by atoms with E-state index in [2.05, 4.69) is 27.7 Å². The maximum absolute atomic E-state index is 12.7. The molecule has 1 fully saturated rings. The van der Waals surface area contributed by atoms with Crippen molar-refractivity contribution in [3.8, 4) is 0 Å². The van der Waals surface area contributed by atoms with E-state index >= 15 is 0 Å². The number of ketones is 1. The SMILES string of the molecule is CC1CCC(C)(C(=O)Cc2ccccc2)C1(C)C.